The first-order valence-corrected chi connectivity index (χ1v) is 7.94. The first-order valence-electron chi connectivity index (χ1n) is 7.94. The van der Waals surface area contributed by atoms with Crippen molar-refractivity contribution in [1.82, 2.24) is 19.7 Å². The third-order valence-corrected chi connectivity index (χ3v) is 4.29. The van der Waals surface area contributed by atoms with Crippen LogP contribution in [0, 0.1) is 10.1 Å². The predicted molar refractivity (Wildman–Crippen MR) is 95.0 cm³/mol. The van der Waals surface area contributed by atoms with Crippen molar-refractivity contribution in [3.8, 4) is 5.69 Å². The Morgan fingerprint density at radius 1 is 1.19 bits per heavy atom. The van der Waals surface area contributed by atoms with Crippen molar-refractivity contribution in [2.75, 3.05) is 7.05 Å². The van der Waals surface area contributed by atoms with Gasteiger partial charge in [-0.05, 0) is 30.7 Å². The molecule has 26 heavy (non-hydrogen) atoms. The average molecular weight is 351 g/mol. The van der Waals surface area contributed by atoms with E-state index in [1.807, 2.05) is 31.2 Å². The molecule has 0 fully saturated rings. The van der Waals surface area contributed by atoms with E-state index in [0.29, 0.717) is 0 Å². The van der Waals surface area contributed by atoms with Crippen molar-refractivity contribution in [1.29, 1.82) is 0 Å². The summed E-state index contributed by atoms with van der Waals surface area (Å²) in [6.07, 6.45) is 3.05. The monoisotopic (exact) mass is 351 g/mol. The summed E-state index contributed by atoms with van der Waals surface area (Å²) in [5, 5.41) is 15.2. The van der Waals surface area contributed by atoms with Crippen molar-refractivity contribution in [3.63, 3.8) is 0 Å². The summed E-state index contributed by atoms with van der Waals surface area (Å²) in [4.78, 5) is 28.8. The molecule has 0 radical (unpaired) electrons. The van der Waals surface area contributed by atoms with Crippen LogP contribution in [0.2, 0.25) is 0 Å². The highest BCUT2D eigenvalue weighted by Crippen LogP contribution is 2.25. The number of nitro groups is 1. The van der Waals surface area contributed by atoms with Gasteiger partial charge in [0, 0.05) is 13.1 Å². The largest absolute Gasteiger partial charge is 0.335 e. The normalized spacial score (nSPS) is 11.8. The molecule has 0 saturated heterocycles. The number of benzene rings is 2. The quantitative estimate of drug-likeness (QED) is 0.520. The molecule has 0 N–H and O–H groups in total. The zero-order valence-electron chi connectivity index (χ0n) is 14.3. The summed E-state index contributed by atoms with van der Waals surface area (Å²) in [7, 11) is 1.63. The lowest BCUT2D eigenvalue weighted by Gasteiger charge is -2.25. The highest BCUT2D eigenvalue weighted by atomic mass is 16.6. The van der Waals surface area contributed by atoms with E-state index in [1.54, 1.807) is 30.2 Å². The fourth-order valence-electron chi connectivity index (χ4n) is 2.65. The zero-order valence-corrected chi connectivity index (χ0v) is 14.3. The van der Waals surface area contributed by atoms with Crippen LogP contribution in [-0.4, -0.2) is 37.5 Å². The number of nitro benzene ring substituents is 1. The van der Waals surface area contributed by atoms with E-state index in [2.05, 4.69) is 10.1 Å². The van der Waals surface area contributed by atoms with E-state index in [-0.39, 0.29) is 17.3 Å². The van der Waals surface area contributed by atoms with Gasteiger partial charge in [0.05, 0.1) is 16.7 Å². The third-order valence-electron chi connectivity index (χ3n) is 4.29. The third kappa shape index (κ3) is 3.30. The lowest BCUT2D eigenvalue weighted by atomic mass is 10.1. The number of hydrogen-bond donors (Lipinski definition) is 0. The van der Waals surface area contributed by atoms with Crippen LogP contribution >= 0.6 is 0 Å². The molecule has 0 aliphatic heterocycles. The van der Waals surface area contributed by atoms with Crippen LogP contribution in [0.1, 0.15) is 28.9 Å². The summed E-state index contributed by atoms with van der Waals surface area (Å²) in [6, 6.07) is 13.2. The lowest BCUT2D eigenvalue weighted by molar-refractivity contribution is -0.385. The number of nitrogens with zero attached hydrogens (tertiary/aromatic N) is 5. The Hall–Kier alpha value is -3.55. The van der Waals surface area contributed by atoms with Crippen molar-refractivity contribution >= 4 is 11.6 Å². The Labute approximate surface area is 149 Å². The number of amides is 1. The molecule has 8 nitrogen and oxygen atoms in total. The molecule has 0 aliphatic rings. The van der Waals surface area contributed by atoms with Crippen LogP contribution in [-0.2, 0) is 0 Å². The number of hydrogen-bond acceptors (Lipinski definition) is 5. The number of carbonyl (C=O) groups is 1. The Morgan fingerprint density at radius 2 is 1.88 bits per heavy atom. The molecular weight excluding hydrogens is 334 g/mol. The maximum Gasteiger partial charge on any atom is 0.282 e. The Bertz CT molecular complexity index is 922. The van der Waals surface area contributed by atoms with Crippen molar-refractivity contribution in [3.05, 3.63) is 82.4 Å². The van der Waals surface area contributed by atoms with Gasteiger partial charge in [0.1, 0.15) is 18.2 Å². The molecule has 1 atom stereocenters. The molecule has 0 spiro atoms. The predicted octanol–water partition coefficient (Wildman–Crippen LogP) is 3.01. The smallest absolute Gasteiger partial charge is 0.282 e. The van der Waals surface area contributed by atoms with Gasteiger partial charge in [-0.1, -0.05) is 24.3 Å². The Kier molecular flexibility index (Phi) is 4.74. The van der Waals surface area contributed by atoms with Gasteiger partial charge in [0.25, 0.3) is 11.6 Å². The van der Waals surface area contributed by atoms with Gasteiger partial charge in [0.2, 0.25) is 0 Å². The van der Waals surface area contributed by atoms with Gasteiger partial charge in [0.15, 0.2) is 0 Å². The summed E-state index contributed by atoms with van der Waals surface area (Å²) in [6.45, 7) is 1.87. The van der Waals surface area contributed by atoms with E-state index in [0.717, 1.165) is 11.3 Å². The summed E-state index contributed by atoms with van der Waals surface area (Å²) in [5.74, 6) is -0.398. The van der Waals surface area contributed by atoms with Crippen LogP contribution in [0.3, 0.4) is 0 Å². The summed E-state index contributed by atoms with van der Waals surface area (Å²) < 4.78 is 1.64. The van der Waals surface area contributed by atoms with Crippen LogP contribution in [0.5, 0.6) is 0 Å². The maximum absolute atomic E-state index is 12.7. The topological polar surface area (TPSA) is 94.2 Å². The van der Waals surface area contributed by atoms with E-state index >= 15 is 0 Å². The van der Waals surface area contributed by atoms with Crippen molar-refractivity contribution < 1.29 is 9.72 Å². The summed E-state index contributed by atoms with van der Waals surface area (Å²) in [5.41, 5.74) is 1.64. The minimum Gasteiger partial charge on any atom is -0.335 e. The molecule has 3 aromatic rings. The second-order valence-electron chi connectivity index (χ2n) is 5.80. The first kappa shape index (κ1) is 17.3. The standard InChI is InChI=1S/C18H17N5O3/c1-13(14-7-9-15(10-8-14)22-12-19-11-20-22)21(2)18(24)16-5-3-4-6-17(16)23(25)26/h3-13H,1-2H3/t13-/m1/s1. The molecule has 0 bridgehead atoms. The van der Waals surface area contributed by atoms with Crippen molar-refractivity contribution in [2.24, 2.45) is 0 Å². The van der Waals surface area contributed by atoms with Crippen molar-refractivity contribution in [2.45, 2.75) is 13.0 Å². The molecule has 3 rings (SSSR count). The molecule has 1 aromatic heterocycles. The van der Waals surface area contributed by atoms with Gasteiger partial charge in [-0.2, -0.15) is 5.10 Å². The minimum atomic E-state index is -0.543. The maximum atomic E-state index is 12.7. The first-order chi connectivity index (χ1) is 12.5. The number of rotatable bonds is 5. The minimum absolute atomic E-state index is 0.0751. The van der Waals surface area contributed by atoms with E-state index in [1.165, 1.54) is 23.4 Å². The number of para-hydroxylation sites is 1. The molecule has 132 valence electrons. The fraction of sp³-hybridized carbons (Fsp3) is 0.167. The van der Waals surface area contributed by atoms with Gasteiger partial charge < -0.3 is 4.90 Å². The van der Waals surface area contributed by atoms with Gasteiger partial charge in [-0.25, -0.2) is 9.67 Å². The molecule has 0 aliphatic carbocycles. The highest BCUT2D eigenvalue weighted by Gasteiger charge is 2.25. The second kappa shape index (κ2) is 7.14. The van der Waals surface area contributed by atoms with Crippen LogP contribution in [0.4, 0.5) is 5.69 Å². The molecule has 0 saturated carbocycles. The molecule has 8 heteroatoms. The second-order valence-corrected chi connectivity index (χ2v) is 5.80. The van der Waals surface area contributed by atoms with Gasteiger partial charge >= 0.3 is 0 Å². The molecular formula is C18H17N5O3. The highest BCUT2D eigenvalue weighted by molar-refractivity contribution is 5.98. The number of carbonyl (C=O) groups excluding carboxylic acids is 1. The van der Waals surface area contributed by atoms with Crippen LogP contribution < -0.4 is 0 Å². The molecule has 2 aromatic carbocycles. The van der Waals surface area contributed by atoms with Gasteiger partial charge in [-0.15, -0.1) is 0 Å². The van der Waals surface area contributed by atoms with E-state index in [4.69, 9.17) is 0 Å². The van der Waals surface area contributed by atoms with Crippen LogP contribution in [0.15, 0.2) is 61.2 Å². The zero-order chi connectivity index (χ0) is 18.7. The molecule has 1 heterocycles. The Morgan fingerprint density at radius 3 is 2.50 bits per heavy atom. The average Bonchev–Trinajstić information content (AvgIpc) is 3.21. The van der Waals surface area contributed by atoms with E-state index < -0.39 is 10.8 Å². The van der Waals surface area contributed by atoms with E-state index in [9.17, 15) is 14.9 Å². The Balaban J connectivity index is 1.82. The summed E-state index contributed by atoms with van der Waals surface area (Å²) >= 11 is 0. The SMILES string of the molecule is C[C@H](c1ccc(-n2cncn2)cc1)N(C)C(=O)c1ccccc1[N+](=O)[O-]. The lowest BCUT2D eigenvalue weighted by Crippen LogP contribution is -2.30. The molecule has 0 unspecified atom stereocenters. The number of aromatic nitrogens is 3. The molecule has 1 amide bonds. The van der Waals surface area contributed by atoms with Crippen LogP contribution in [0.25, 0.3) is 5.69 Å². The van der Waals surface area contributed by atoms with Gasteiger partial charge in [-0.3, -0.25) is 14.9 Å². The fourth-order valence-corrected chi connectivity index (χ4v) is 2.65.